The van der Waals surface area contributed by atoms with Gasteiger partial charge in [0.15, 0.2) is 0 Å². The quantitative estimate of drug-likeness (QED) is 0.586. The summed E-state index contributed by atoms with van der Waals surface area (Å²) in [5.41, 5.74) is 1.60. The fraction of sp³-hybridized carbons (Fsp3) is 0.273. The van der Waals surface area contributed by atoms with Crippen LogP contribution in [0, 0.1) is 5.82 Å². The molecule has 0 amide bonds. The molecule has 0 bridgehead atoms. The van der Waals surface area contributed by atoms with Gasteiger partial charge in [-0.1, -0.05) is 0 Å². The molecule has 15 heavy (non-hydrogen) atoms. The topological polar surface area (TPSA) is 36.8 Å². The summed E-state index contributed by atoms with van der Waals surface area (Å²) in [5.74, 6) is 0.431. The Hall–Kier alpha value is -1.71. The maximum Gasteiger partial charge on any atom is 0.146 e. The van der Waals surface area contributed by atoms with E-state index in [4.69, 9.17) is 0 Å². The van der Waals surface area contributed by atoms with Gasteiger partial charge in [0.25, 0.3) is 0 Å². The monoisotopic (exact) mass is 207 g/mol. The molecule has 0 unspecified atom stereocenters. The van der Waals surface area contributed by atoms with E-state index in [1.165, 1.54) is 12.1 Å². The van der Waals surface area contributed by atoms with Crippen LogP contribution in [0.1, 0.15) is 6.92 Å². The van der Waals surface area contributed by atoms with Crippen molar-refractivity contribution in [3.8, 4) is 0 Å². The van der Waals surface area contributed by atoms with Crippen LogP contribution >= 0.6 is 0 Å². The lowest BCUT2D eigenvalue weighted by Crippen LogP contribution is -2.20. The lowest BCUT2D eigenvalue weighted by atomic mass is 10.3. The zero-order valence-corrected chi connectivity index (χ0v) is 9.08. The van der Waals surface area contributed by atoms with Gasteiger partial charge in [-0.25, -0.2) is 4.39 Å². The molecule has 0 aliphatic heterocycles. The summed E-state index contributed by atoms with van der Waals surface area (Å²) in [4.78, 5) is 8.08. The molecule has 0 atom stereocenters. The number of halogens is 1. The standard InChI is InChI=1S/C11H14FN3/c1-8(13-2)11(14-3)15-10-6-4-9(12)5-7-10/h4-7H,1-3H3,(H,14,15)/b13-8-. The highest BCUT2D eigenvalue weighted by molar-refractivity contribution is 6.44. The first-order valence-electron chi connectivity index (χ1n) is 4.60. The smallest absolute Gasteiger partial charge is 0.146 e. The fourth-order valence-electron chi connectivity index (χ4n) is 1.08. The maximum atomic E-state index is 12.6. The molecular formula is C11H14FN3. The van der Waals surface area contributed by atoms with Crippen LogP contribution in [0.5, 0.6) is 0 Å². The molecular weight excluding hydrogens is 193 g/mol. The van der Waals surface area contributed by atoms with Gasteiger partial charge in [0.05, 0.1) is 5.71 Å². The van der Waals surface area contributed by atoms with E-state index in [1.54, 1.807) is 26.2 Å². The molecule has 0 heterocycles. The number of amidine groups is 1. The molecule has 1 rings (SSSR count). The Morgan fingerprint density at radius 1 is 1.13 bits per heavy atom. The highest BCUT2D eigenvalue weighted by atomic mass is 19.1. The van der Waals surface area contributed by atoms with Crippen molar-refractivity contribution >= 4 is 17.2 Å². The molecule has 4 heteroatoms. The van der Waals surface area contributed by atoms with Crippen molar-refractivity contribution in [3.05, 3.63) is 30.1 Å². The van der Waals surface area contributed by atoms with Gasteiger partial charge in [0.2, 0.25) is 0 Å². The van der Waals surface area contributed by atoms with E-state index in [2.05, 4.69) is 15.3 Å². The third-order valence-electron chi connectivity index (χ3n) is 2.01. The Balaban J connectivity index is 2.81. The number of aliphatic imine (C=N–C) groups is 2. The number of benzene rings is 1. The lowest BCUT2D eigenvalue weighted by molar-refractivity contribution is 0.628. The Labute approximate surface area is 88.8 Å². The number of nitrogens with zero attached hydrogens (tertiary/aromatic N) is 2. The first-order valence-corrected chi connectivity index (χ1v) is 4.60. The van der Waals surface area contributed by atoms with Crippen LogP contribution in [0.15, 0.2) is 34.3 Å². The molecule has 80 valence electrons. The molecule has 1 N–H and O–H groups in total. The molecule has 0 aliphatic carbocycles. The molecule has 0 fully saturated rings. The van der Waals surface area contributed by atoms with Gasteiger partial charge in [0, 0.05) is 19.8 Å². The minimum atomic E-state index is -0.253. The second kappa shape index (κ2) is 5.24. The molecule has 0 aliphatic rings. The van der Waals surface area contributed by atoms with E-state index in [0.717, 1.165) is 11.4 Å². The van der Waals surface area contributed by atoms with Gasteiger partial charge in [-0.05, 0) is 31.2 Å². The molecule has 0 saturated carbocycles. The van der Waals surface area contributed by atoms with Crippen LogP contribution in [0.4, 0.5) is 10.1 Å². The lowest BCUT2D eigenvalue weighted by Gasteiger charge is -2.08. The van der Waals surface area contributed by atoms with Crippen LogP contribution < -0.4 is 5.32 Å². The largest absolute Gasteiger partial charge is 0.339 e. The van der Waals surface area contributed by atoms with Gasteiger partial charge in [-0.15, -0.1) is 0 Å². The molecule has 0 aromatic heterocycles. The molecule has 0 spiro atoms. The average molecular weight is 207 g/mol. The Morgan fingerprint density at radius 3 is 2.20 bits per heavy atom. The van der Waals surface area contributed by atoms with Crippen LogP contribution in [0.3, 0.4) is 0 Å². The Kier molecular flexibility index (Phi) is 3.97. The summed E-state index contributed by atoms with van der Waals surface area (Å²) >= 11 is 0. The molecule has 0 radical (unpaired) electrons. The highest BCUT2D eigenvalue weighted by Gasteiger charge is 2.02. The molecule has 1 aromatic carbocycles. The minimum Gasteiger partial charge on any atom is -0.339 e. The van der Waals surface area contributed by atoms with Gasteiger partial charge in [-0.3, -0.25) is 9.98 Å². The van der Waals surface area contributed by atoms with Gasteiger partial charge in [-0.2, -0.15) is 0 Å². The molecule has 1 aromatic rings. The van der Waals surface area contributed by atoms with Crippen molar-refractivity contribution in [1.82, 2.24) is 0 Å². The summed E-state index contributed by atoms with van der Waals surface area (Å²) in [5, 5.41) is 3.06. The third-order valence-corrected chi connectivity index (χ3v) is 2.01. The van der Waals surface area contributed by atoms with Crippen LogP contribution in [0.2, 0.25) is 0 Å². The SMILES string of the molecule is C/N=C(C)\C(=N/C)Nc1ccc(F)cc1. The predicted octanol–water partition coefficient (Wildman–Crippen LogP) is 2.36. The second-order valence-electron chi connectivity index (χ2n) is 3.01. The van der Waals surface area contributed by atoms with Crippen LogP contribution in [0.25, 0.3) is 0 Å². The van der Waals surface area contributed by atoms with E-state index in [0.29, 0.717) is 5.84 Å². The van der Waals surface area contributed by atoms with E-state index in [9.17, 15) is 4.39 Å². The summed E-state index contributed by atoms with van der Waals surface area (Å²) in [6.45, 7) is 1.86. The highest BCUT2D eigenvalue weighted by Crippen LogP contribution is 2.08. The molecule has 0 saturated heterocycles. The maximum absolute atomic E-state index is 12.6. The predicted molar refractivity (Wildman–Crippen MR) is 62.4 cm³/mol. The summed E-state index contributed by atoms with van der Waals surface area (Å²) < 4.78 is 12.6. The number of hydrogen-bond donors (Lipinski definition) is 1. The first-order chi connectivity index (χ1) is 7.17. The number of rotatable bonds is 2. The summed E-state index contributed by atoms with van der Waals surface area (Å²) in [7, 11) is 3.38. The van der Waals surface area contributed by atoms with Crippen LogP contribution in [-0.4, -0.2) is 25.6 Å². The normalized spacial score (nSPS) is 12.8. The van der Waals surface area contributed by atoms with Crippen molar-refractivity contribution in [2.75, 3.05) is 19.4 Å². The second-order valence-corrected chi connectivity index (χ2v) is 3.01. The third kappa shape index (κ3) is 3.16. The average Bonchev–Trinajstić information content (AvgIpc) is 2.27. The van der Waals surface area contributed by atoms with E-state index in [-0.39, 0.29) is 5.82 Å². The van der Waals surface area contributed by atoms with Crippen molar-refractivity contribution in [2.45, 2.75) is 6.92 Å². The van der Waals surface area contributed by atoms with Gasteiger partial charge >= 0.3 is 0 Å². The summed E-state index contributed by atoms with van der Waals surface area (Å²) in [6, 6.07) is 6.11. The van der Waals surface area contributed by atoms with E-state index in [1.807, 2.05) is 6.92 Å². The number of anilines is 1. The van der Waals surface area contributed by atoms with Crippen molar-refractivity contribution in [3.63, 3.8) is 0 Å². The van der Waals surface area contributed by atoms with Crippen molar-refractivity contribution in [2.24, 2.45) is 9.98 Å². The Morgan fingerprint density at radius 2 is 1.73 bits per heavy atom. The van der Waals surface area contributed by atoms with Crippen LogP contribution in [-0.2, 0) is 0 Å². The number of nitrogens with one attached hydrogen (secondary N) is 1. The zero-order valence-electron chi connectivity index (χ0n) is 9.08. The van der Waals surface area contributed by atoms with Crippen molar-refractivity contribution < 1.29 is 4.39 Å². The van der Waals surface area contributed by atoms with E-state index >= 15 is 0 Å². The minimum absolute atomic E-state index is 0.253. The van der Waals surface area contributed by atoms with Crippen molar-refractivity contribution in [1.29, 1.82) is 0 Å². The van der Waals surface area contributed by atoms with E-state index < -0.39 is 0 Å². The summed E-state index contributed by atoms with van der Waals surface area (Å²) in [6.07, 6.45) is 0. The van der Waals surface area contributed by atoms with Gasteiger partial charge in [0.1, 0.15) is 11.7 Å². The zero-order chi connectivity index (χ0) is 11.3. The number of hydrogen-bond acceptors (Lipinski definition) is 2. The van der Waals surface area contributed by atoms with Gasteiger partial charge < -0.3 is 5.32 Å². The molecule has 3 nitrogen and oxygen atoms in total. The first kappa shape index (κ1) is 11.4. The Bertz CT molecular complexity index is 379. The fourth-order valence-corrected chi connectivity index (χ4v) is 1.08.